The number of rotatable bonds is 8. The molecule has 3 N–H and O–H groups in total. The first-order valence-corrected chi connectivity index (χ1v) is 13.5. The maximum Gasteiger partial charge on any atom is 0.337 e. The average Bonchev–Trinajstić information content (AvgIpc) is 3.09. The Kier molecular flexibility index (Phi) is 9.01. The number of hydrogen-bond donors (Lipinski definition) is 3. The van der Waals surface area contributed by atoms with Gasteiger partial charge in [0.05, 0.1) is 49.4 Å². The van der Waals surface area contributed by atoms with Crippen molar-refractivity contribution in [3.05, 3.63) is 60.2 Å². The summed E-state index contributed by atoms with van der Waals surface area (Å²) in [5.74, 6) is -1.41. The van der Waals surface area contributed by atoms with Gasteiger partial charge in [-0.3, -0.25) is 24.6 Å². The largest absolute Gasteiger partial charge is 0.495 e. The second kappa shape index (κ2) is 12.5. The maximum atomic E-state index is 14.3. The van der Waals surface area contributed by atoms with Crippen LogP contribution in [0.25, 0.3) is 10.8 Å². The molecule has 4 rings (SSSR count). The molecule has 3 aromatic rings. The summed E-state index contributed by atoms with van der Waals surface area (Å²) in [5, 5.41) is 10.3. The number of ether oxygens (including phenoxy) is 3. The van der Waals surface area contributed by atoms with Crippen LogP contribution in [-0.2, 0) is 23.9 Å². The number of amides is 2. The van der Waals surface area contributed by atoms with Crippen molar-refractivity contribution in [2.24, 2.45) is 0 Å². The fraction of sp³-hybridized carbons (Fsp3) is 0.355. The number of esters is 2. The molecular formula is C31H36N4O7. The molecule has 222 valence electrons. The van der Waals surface area contributed by atoms with Gasteiger partial charge in [-0.15, -0.1) is 0 Å². The molecule has 1 aliphatic heterocycles. The van der Waals surface area contributed by atoms with E-state index in [4.69, 9.17) is 14.2 Å². The Hall–Kier alpha value is -4.64. The molecule has 3 aromatic carbocycles. The molecular weight excluding hydrogens is 540 g/mol. The van der Waals surface area contributed by atoms with Gasteiger partial charge < -0.3 is 24.8 Å². The van der Waals surface area contributed by atoms with Gasteiger partial charge in [-0.05, 0) is 63.4 Å². The van der Waals surface area contributed by atoms with Gasteiger partial charge in [-0.1, -0.05) is 24.3 Å². The highest BCUT2D eigenvalue weighted by molar-refractivity contribution is 6.15. The van der Waals surface area contributed by atoms with Crippen LogP contribution in [0.3, 0.4) is 0 Å². The number of carbonyl (C=O) groups excluding carboxylic acids is 4. The fourth-order valence-electron chi connectivity index (χ4n) is 4.67. The van der Waals surface area contributed by atoms with E-state index < -0.39 is 41.4 Å². The van der Waals surface area contributed by atoms with Crippen LogP contribution in [0.5, 0.6) is 5.75 Å². The van der Waals surface area contributed by atoms with Crippen molar-refractivity contribution in [1.82, 2.24) is 10.6 Å². The monoisotopic (exact) mass is 576 g/mol. The fourth-order valence-corrected chi connectivity index (χ4v) is 4.67. The van der Waals surface area contributed by atoms with Crippen LogP contribution in [0.1, 0.15) is 38.1 Å². The van der Waals surface area contributed by atoms with Gasteiger partial charge in [-0.2, -0.15) is 0 Å². The Bertz CT molecular complexity index is 1510. The Morgan fingerprint density at radius 2 is 1.81 bits per heavy atom. The van der Waals surface area contributed by atoms with Crippen LogP contribution in [0.2, 0.25) is 0 Å². The third-order valence-corrected chi connectivity index (χ3v) is 6.66. The van der Waals surface area contributed by atoms with E-state index in [0.717, 1.165) is 0 Å². The molecule has 1 heterocycles. The van der Waals surface area contributed by atoms with Gasteiger partial charge in [0.15, 0.2) is 0 Å². The molecule has 0 aromatic heterocycles. The first-order valence-electron chi connectivity index (χ1n) is 13.5. The van der Waals surface area contributed by atoms with Crippen molar-refractivity contribution in [2.75, 3.05) is 37.5 Å². The van der Waals surface area contributed by atoms with E-state index in [0.29, 0.717) is 39.1 Å². The predicted octanol–water partition coefficient (Wildman–Crippen LogP) is 3.53. The Morgan fingerprint density at radius 3 is 2.50 bits per heavy atom. The van der Waals surface area contributed by atoms with Gasteiger partial charge in [0.2, 0.25) is 5.91 Å². The first-order chi connectivity index (χ1) is 19.9. The van der Waals surface area contributed by atoms with Gasteiger partial charge in [0.1, 0.15) is 17.4 Å². The lowest BCUT2D eigenvalue weighted by Gasteiger charge is -2.29. The molecule has 0 aliphatic carbocycles. The molecule has 0 saturated carbocycles. The number of para-hydroxylation sites is 2. The number of carbonyl (C=O) groups is 4. The summed E-state index contributed by atoms with van der Waals surface area (Å²) in [6.45, 7) is 6.85. The van der Waals surface area contributed by atoms with Crippen molar-refractivity contribution in [3.8, 4) is 5.75 Å². The summed E-state index contributed by atoms with van der Waals surface area (Å²) in [6, 6.07) is 14.1. The number of nitrogens with one attached hydrogen (secondary N) is 3. The molecule has 0 radical (unpaired) electrons. The van der Waals surface area contributed by atoms with Crippen LogP contribution < -0.4 is 25.6 Å². The Balaban J connectivity index is 1.68. The lowest BCUT2D eigenvalue weighted by Crippen LogP contribution is -2.54. The van der Waals surface area contributed by atoms with Crippen molar-refractivity contribution in [3.63, 3.8) is 0 Å². The standard InChI is InChI=1S/C31H36N4O7/c1-18(32-17-26(36)42-31(2,3)4)28(37)34-23-16-33-22-9-7-8-10-24(22)35(29(23)38)27-21-13-11-20(30(39)41-6)15-19(21)12-14-25(27)40-5/h7-15,18,23,32-33H,16-17H2,1-6H3,(H,34,37)/t18-,23-/m0/s1. The predicted molar refractivity (Wildman–Crippen MR) is 159 cm³/mol. The van der Waals surface area contributed by atoms with Crippen LogP contribution in [-0.4, -0.2) is 68.7 Å². The van der Waals surface area contributed by atoms with E-state index in [1.165, 1.54) is 19.1 Å². The van der Waals surface area contributed by atoms with E-state index >= 15 is 0 Å². The maximum absolute atomic E-state index is 14.3. The van der Waals surface area contributed by atoms with Gasteiger partial charge >= 0.3 is 11.9 Å². The minimum Gasteiger partial charge on any atom is -0.495 e. The van der Waals surface area contributed by atoms with Gasteiger partial charge in [0.25, 0.3) is 5.91 Å². The van der Waals surface area contributed by atoms with Crippen LogP contribution in [0, 0.1) is 0 Å². The Labute approximate surface area is 244 Å². The van der Waals surface area contributed by atoms with Crippen molar-refractivity contribution < 1.29 is 33.4 Å². The third kappa shape index (κ3) is 6.63. The van der Waals surface area contributed by atoms with Gasteiger partial charge in [0, 0.05) is 11.9 Å². The SMILES string of the molecule is COC(=O)c1ccc2c(N3C(=O)[C@@H](NC(=O)[C@H](C)NCC(=O)OC(C)(C)C)CNc4ccccc43)c(OC)ccc2c1. The normalized spacial score (nSPS) is 15.6. The minimum atomic E-state index is -0.968. The number of anilines is 3. The van der Waals surface area contributed by atoms with Crippen LogP contribution in [0.4, 0.5) is 17.1 Å². The van der Waals surface area contributed by atoms with Crippen molar-refractivity contribution in [2.45, 2.75) is 45.4 Å². The van der Waals surface area contributed by atoms with E-state index in [9.17, 15) is 19.2 Å². The molecule has 11 nitrogen and oxygen atoms in total. The van der Waals surface area contributed by atoms with Gasteiger partial charge in [-0.25, -0.2) is 4.79 Å². The second-order valence-corrected chi connectivity index (χ2v) is 10.9. The zero-order valence-corrected chi connectivity index (χ0v) is 24.6. The topological polar surface area (TPSA) is 135 Å². The summed E-state index contributed by atoms with van der Waals surface area (Å²) >= 11 is 0. The highest BCUT2D eigenvalue weighted by atomic mass is 16.6. The first kappa shape index (κ1) is 30.3. The summed E-state index contributed by atoms with van der Waals surface area (Å²) in [6.07, 6.45) is 0. The number of benzene rings is 3. The number of nitrogens with zero attached hydrogens (tertiary/aromatic N) is 1. The second-order valence-electron chi connectivity index (χ2n) is 10.9. The number of hydrogen-bond acceptors (Lipinski definition) is 9. The van der Waals surface area contributed by atoms with E-state index in [1.807, 2.05) is 18.2 Å². The minimum absolute atomic E-state index is 0.121. The third-order valence-electron chi connectivity index (χ3n) is 6.66. The smallest absolute Gasteiger partial charge is 0.337 e. The summed E-state index contributed by atoms with van der Waals surface area (Å²) in [5.41, 5.74) is 1.43. The Morgan fingerprint density at radius 1 is 1.07 bits per heavy atom. The number of methoxy groups -OCH3 is 2. The molecule has 0 spiro atoms. The van der Waals surface area contributed by atoms with E-state index in [-0.39, 0.29) is 13.1 Å². The summed E-state index contributed by atoms with van der Waals surface area (Å²) < 4.78 is 15.9. The molecule has 0 unspecified atom stereocenters. The lowest BCUT2D eigenvalue weighted by atomic mass is 10.0. The molecule has 2 amide bonds. The molecule has 42 heavy (non-hydrogen) atoms. The molecule has 1 aliphatic rings. The summed E-state index contributed by atoms with van der Waals surface area (Å²) in [7, 11) is 2.82. The average molecular weight is 577 g/mol. The lowest BCUT2D eigenvalue weighted by molar-refractivity contribution is -0.153. The van der Waals surface area contributed by atoms with Crippen molar-refractivity contribution in [1.29, 1.82) is 0 Å². The molecule has 0 bridgehead atoms. The van der Waals surface area contributed by atoms with Crippen LogP contribution in [0.15, 0.2) is 54.6 Å². The zero-order chi connectivity index (χ0) is 30.6. The van der Waals surface area contributed by atoms with E-state index in [1.54, 1.807) is 64.1 Å². The van der Waals surface area contributed by atoms with E-state index in [2.05, 4.69) is 16.0 Å². The number of fused-ring (bicyclic) bond motifs is 2. The molecule has 2 atom stereocenters. The zero-order valence-electron chi connectivity index (χ0n) is 24.6. The highest BCUT2D eigenvalue weighted by Crippen LogP contribution is 2.44. The van der Waals surface area contributed by atoms with Crippen LogP contribution >= 0.6 is 0 Å². The molecule has 0 saturated heterocycles. The van der Waals surface area contributed by atoms with Crippen molar-refractivity contribution >= 4 is 51.6 Å². The molecule has 0 fully saturated rings. The molecule has 11 heteroatoms. The quantitative estimate of drug-likeness (QED) is 0.344. The summed E-state index contributed by atoms with van der Waals surface area (Å²) in [4.78, 5) is 53.3. The highest BCUT2D eigenvalue weighted by Gasteiger charge is 2.35.